The Kier molecular flexibility index (Phi) is 4.96. The second-order valence-electron chi connectivity index (χ2n) is 4.86. The van der Waals surface area contributed by atoms with Crippen LogP contribution in [-0.2, 0) is 0 Å². The standard InChI is InChI=1S/C14H16BrF2NO2/c1-9-4-2-3-7-18(9)13(19)11-6-5-10(15)8-12(11)20-14(16)17/h5-6,8-9,14H,2-4,7H2,1H3. The van der Waals surface area contributed by atoms with Crippen LogP contribution in [0.4, 0.5) is 8.78 Å². The minimum absolute atomic E-state index is 0.0860. The lowest BCUT2D eigenvalue weighted by Gasteiger charge is -2.33. The van der Waals surface area contributed by atoms with Crippen molar-refractivity contribution in [1.29, 1.82) is 0 Å². The molecular formula is C14H16BrF2NO2. The zero-order valence-corrected chi connectivity index (χ0v) is 12.7. The molecule has 0 spiro atoms. The number of rotatable bonds is 3. The lowest BCUT2D eigenvalue weighted by molar-refractivity contribution is -0.0503. The number of halogens is 3. The van der Waals surface area contributed by atoms with Crippen molar-refractivity contribution in [2.75, 3.05) is 6.54 Å². The fourth-order valence-electron chi connectivity index (χ4n) is 2.42. The quantitative estimate of drug-likeness (QED) is 0.824. The van der Waals surface area contributed by atoms with E-state index in [-0.39, 0.29) is 23.3 Å². The number of likely N-dealkylation sites (tertiary alicyclic amines) is 1. The van der Waals surface area contributed by atoms with Crippen LogP contribution >= 0.6 is 15.9 Å². The summed E-state index contributed by atoms with van der Waals surface area (Å²) in [5.74, 6) is -0.336. The van der Waals surface area contributed by atoms with Gasteiger partial charge in [-0.05, 0) is 44.4 Å². The summed E-state index contributed by atoms with van der Waals surface area (Å²) in [6, 6.07) is 4.69. The maximum Gasteiger partial charge on any atom is 0.387 e. The van der Waals surface area contributed by atoms with Crippen molar-refractivity contribution in [3.05, 3.63) is 28.2 Å². The Hall–Kier alpha value is -1.17. The summed E-state index contributed by atoms with van der Waals surface area (Å²) in [6.07, 6.45) is 2.97. The molecule has 1 saturated heterocycles. The summed E-state index contributed by atoms with van der Waals surface area (Å²) >= 11 is 3.19. The number of carbonyl (C=O) groups excluding carboxylic acids is 1. The van der Waals surface area contributed by atoms with Gasteiger partial charge in [-0.2, -0.15) is 8.78 Å². The molecule has 0 bridgehead atoms. The average Bonchev–Trinajstić information content (AvgIpc) is 2.38. The summed E-state index contributed by atoms with van der Waals surface area (Å²) < 4.78 is 30.0. The Morgan fingerprint density at radius 2 is 2.20 bits per heavy atom. The van der Waals surface area contributed by atoms with E-state index >= 15 is 0 Å². The fourth-order valence-corrected chi connectivity index (χ4v) is 2.76. The van der Waals surface area contributed by atoms with E-state index in [1.54, 1.807) is 11.0 Å². The number of carbonyl (C=O) groups is 1. The number of ether oxygens (including phenoxy) is 1. The summed E-state index contributed by atoms with van der Waals surface area (Å²) in [5, 5.41) is 0. The molecule has 20 heavy (non-hydrogen) atoms. The number of hydrogen-bond acceptors (Lipinski definition) is 2. The van der Waals surface area contributed by atoms with Crippen LogP contribution in [0.5, 0.6) is 5.75 Å². The zero-order valence-electron chi connectivity index (χ0n) is 11.1. The molecule has 1 aromatic carbocycles. The number of benzene rings is 1. The molecule has 0 saturated carbocycles. The number of piperidine rings is 1. The van der Waals surface area contributed by atoms with Gasteiger partial charge in [0.25, 0.3) is 5.91 Å². The predicted molar refractivity (Wildman–Crippen MR) is 75.1 cm³/mol. The van der Waals surface area contributed by atoms with Crippen LogP contribution in [0.25, 0.3) is 0 Å². The van der Waals surface area contributed by atoms with Gasteiger partial charge in [-0.25, -0.2) is 0 Å². The molecule has 0 aromatic heterocycles. The van der Waals surface area contributed by atoms with Crippen LogP contribution in [0.3, 0.4) is 0 Å². The van der Waals surface area contributed by atoms with Crippen LogP contribution in [0, 0.1) is 0 Å². The third-order valence-corrected chi connectivity index (χ3v) is 3.95. The Morgan fingerprint density at radius 3 is 2.85 bits per heavy atom. The van der Waals surface area contributed by atoms with Crippen molar-refractivity contribution in [1.82, 2.24) is 4.90 Å². The van der Waals surface area contributed by atoms with Crippen molar-refractivity contribution in [3.8, 4) is 5.75 Å². The van der Waals surface area contributed by atoms with Crippen LogP contribution in [0.2, 0.25) is 0 Å². The highest BCUT2D eigenvalue weighted by Crippen LogP contribution is 2.28. The van der Waals surface area contributed by atoms with E-state index in [0.29, 0.717) is 11.0 Å². The van der Waals surface area contributed by atoms with Gasteiger partial charge >= 0.3 is 6.61 Å². The topological polar surface area (TPSA) is 29.5 Å². The molecule has 110 valence electrons. The van der Waals surface area contributed by atoms with E-state index in [0.717, 1.165) is 19.3 Å². The highest BCUT2D eigenvalue weighted by Gasteiger charge is 2.27. The van der Waals surface area contributed by atoms with E-state index in [1.807, 2.05) is 6.92 Å². The molecule has 0 radical (unpaired) electrons. The van der Waals surface area contributed by atoms with Gasteiger partial charge in [-0.1, -0.05) is 15.9 Å². The van der Waals surface area contributed by atoms with Crippen LogP contribution in [0.1, 0.15) is 36.5 Å². The highest BCUT2D eigenvalue weighted by atomic mass is 79.9. The van der Waals surface area contributed by atoms with Gasteiger partial charge in [0.2, 0.25) is 0 Å². The molecule has 3 nitrogen and oxygen atoms in total. The number of amides is 1. The summed E-state index contributed by atoms with van der Waals surface area (Å²) in [5.41, 5.74) is 0.183. The van der Waals surface area contributed by atoms with E-state index in [2.05, 4.69) is 20.7 Å². The largest absolute Gasteiger partial charge is 0.434 e. The van der Waals surface area contributed by atoms with Gasteiger partial charge in [0.1, 0.15) is 5.75 Å². The molecular weight excluding hydrogens is 332 g/mol. The molecule has 1 fully saturated rings. The second-order valence-corrected chi connectivity index (χ2v) is 5.78. The average molecular weight is 348 g/mol. The summed E-state index contributed by atoms with van der Waals surface area (Å²) in [6.45, 7) is -0.317. The molecule has 0 aliphatic carbocycles. The maximum absolute atomic E-state index is 12.5. The highest BCUT2D eigenvalue weighted by molar-refractivity contribution is 9.10. The normalized spacial score (nSPS) is 19.2. The van der Waals surface area contributed by atoms with Crippen molar-refractivity contribution in [3.63, 3.8) is 0 Å². The number of alkyl halides is 2. The summed E-state index contributed by atoms with van der Waals surface area (Å²) in [7, 11) is 0. The van der Waals surface area contributed by atoms with Gasteiger partial charge in [0.05, 0.1) is 5.56 Å². The Morgan fingerprint density at radius 1 is 1.45 bits per heavy atom. The van der Waals surface area contributed by atoms with Crippen molar-refractivity contribution in [2.45, 2.75) is 38.8 Å². The molecule has 1 unspecified atom stereocenters. The zero-order chi connectivity index (χ0) is 14.7. The molecule has 1 atom stereocenters. The van der Waals surface area contributed by atoms with Crippen LogP contribution in [0.15, 0.2) is 22.7 Å². The number of hydrogen-bond donors (Lipinski definition) is 0. The number of nitrogens with zero attached hydrogens (tertiary/aromatic N) is 1. The second kappa shape index (κ2) is 6.52. The van der Waals surface area contributed by atoms with Gasteiger partial charge in [-0.3, -0.25) is 4.79 Å². The third-order valence-electron chi connectivity index (χ3n) is 3.45. The van der Waals surface area contributed by atoms with E-state index < -0.39 is 6.61 Å². The van der Waals surface area contributed by atoms with Crippen molar-refractivity contribution < 1.29 is 18.3 Å². The van der Waals surface area contributed by atoms with Crippen LogP contribution < -0.4 is 4.74 Å². The molecule has 1 heterocycles. The SMILES string of the molecule is CC1CCCCN1C(=O)c1ccc(Br)cc1OC(F)F. The van der Waals surface area contributed by atoms with E-state index in [4.69, 9.17) is 0 Å². The Bertz CT molecular complexity index is 496. The minimum atomic E-state index is -2.95. The molecule has 2 rings (SSSR count). The molecule has 1 aliphatic rings. The van der Waals surface area contributed by atoms with E-state index in [9.17, 15) is 13.6 Å². The first-order valence-electron chi connectivity index (χ1n) is 6.54. The maximum atomic E-state index is 12.5. The molecule has 1 amide bonds. The van der Waals surface area contributed by atoms with Gasteiger partial charge in [0, 0.05) is 17.1 Å². The first-order valence-corrected chi connectivity index (χ1v) is 7.33. The van der Waals surface area contributed by atoms with Crippen molar-refractivity contribution in [2.24, 2.45) is 0 Å². The molecule has 0 N–H and O–H groups in total. The van der Waals surface area contributed by atoms with E-state index in [1.165, 1.54) is 12.1 Å². The van der Waals surface area contributed by atoms with Gasteiger partial charge in [0.15, 0.2) is 0 Å². The monoisotopic (exact) mass is 347 g/mol. The van der Waals surface area contributed by atoms with Gasteiger partial charge in [-0.15, -0.1) is 0 Å². The summed E-state index contributed by atoms with van der Waals surface area (Å²) in [4.78, 5) is 14.2. The third kappa shape index (κ3) is 3.48. The lowest BCUT2D eigenvalue weighted by atomic mass is 10.0. The molecule has 1 aliphatic heterocycles. The smallest absolute Gasteiger partial charge is 0.387 e. The first-order chi connectivity index (χ1) is 9.49. The van der Waals surface area contributed by atoms with Crippen LogP contribution in [-0.4, -0.2) is 30.0 Å². The minimum Gasteiger partial charge on any atom is -0.434 e. The van der Waals surface area contributed by atoms with Crippen molar-refractivity contribution >= 4 is 21.8 Å². The first kappa shape index (κ1) is 15.2. The van der Waals surface area contributed by atoms with Gasteiger partial charge < -0.3 is 9.64 Å². The Labute approximate surface area is 125 Å². The lowest BCUT2D eigenvalue weighted by Crippen LogP contribution is -2.42. The fraction of sp³-hybridized carbons (Fsp3) is 0.500. The molecule has 6 heteroatoms. The Balaban J connectivity index is 2.28. The predicted octanol–water partition coefficient (Wildman–Crippen LogP) is 4.07. The molecule has 1 aromatic rings.